The fourth-order valence-electron chi connectivity index (χ4n) is 8.47. The Bertz CT molecular complexity index is 1610. The van der Waals surface area contributed by atoms with Crippen LogP contribution in [0.3, 0.4) is 0 Å². The molecule has 0 aliphatic carbocycles. The van der Waals surface area contributed by atoms with E-state index in [1.807, 2.05) is 29.2 Å². The Kier molecular flexibility index (Phi) is 8.92. The maximum atomic E-state index is 14.1. The second-order valence-corrected chi connectivity index (χ2v) is 14.2. The van der Waals surface area contributed by atoms with Crippen LogP contribution < -0.4 is 11.1 Å². The quantitative estimate of drug-likeness (QED) is 0.357. The molecule has 254 valence electrons. The van der Waals surface area contributed by atoms with Crippen molar-refractivity contribution in [2.75, 3.05) is 57.4 Å². The number of piperidine rings is 2. The Morgan fingerprint density at radius 2 is 1.75 bits per heavy atom. The van der Waals surface area contributed by atoms with Gasteiger partial charge in [-0.1, -0.05) is 35.7 Å². The molecule has 5 heterocycles. The topological polar surface area (TPSA) is 121 Å². The summed E-state index contributed by atoms with van der Waals surface area (Å²) in [6, 6.07) is 12.8. The van der Waals surface area contributed by atoms with Gasteiger partial charge in [0.25, 0.3) is 5.91 Å². The van der Waals surface area contributed by atoms with Crippen LogP contribution in [0.2, 0.25) is 5.02 Å². The third kappa shape index (κ3) is 6.17. The van der Waals surface area contributed by atoms with Gasteiger partial charge in [-0.05, 0) is 56.5 Å². The van der Waals surface area contributed by atoms with E-state index in [9.17, 15) is 14.4 Å². The predicted molar refractivity (Wildman–Crippen MR) is 183 cm³/mol. The molecule has 12 heteroatoms. The van der Waals surface area contributed by atoms with Gasteiger partial charge in [-0.3, -0.25) is 15.0 Å². The number of carbonyl (C=O) groups is 3. The number of nitrogen functional groups attached to an aromatic ring is 1. The minimum Gasteiger partial charge on any atom is -0.438 e. The number of terminal acetylenes is 1. The number of ether oxygens (including phenoxy) is 2. The molecule has 2 aromatic carbocycles. The van der Waals surface area contributed by atoms with Crippen LogP contribution in [0.4, 0.5) is 21.0 Å². The van der Waals surface area contributed by atoms with Gasteiger partial charge in [-0.2, -0.15) is 0 Å². The molecule has 4 fully saturated rings. The number of piperazine rings is 1. The molecule has 0 radical (unpaired) electrons. The molecule has 11 nitrogen and oxygen atoms in total. The Balaban J connectivity index is 1.04. The molecule has 0 aromatic heterocycles. The lowest BCUT2D eigenvalue weighted by atomic mass is 9.82. The first-order valence-corrected chi connectivity index (χ1v) is 17.4. The number of hydrogen-bond acceptors (Lipinski definition) is 8. The SMILES string of the molecule is C#Cc1cc(C[C@@H](OC(=O)N2CCC3(CC2)OC(=O)Nc2ccccc23)C(=O)N2CCN(C3CC4CCC(C3)N4C)CC2)cc(Cl)c1N. The Morgan fingerprint density at radius 3 is 2.44 bits per heavy atom. The predicted octanol–water partition coefficient (Wildman–Crippen LogP) is 4.27. The molecule has 5 aliphatic heterocycles. The highest BCUT2D eigenvalue weighted by Gasteiger charge is 2.46. The summed E-state index contributed by atoms with van der Waals surface area (Å²) in [6.45, 7) is 3.31. The van der Waals surface area contributed by atoms with Gasteiger partial charge >= 0.3 is 12.2 Å². The highest BCUT2D eigenvalue weighted by molar-refractivity contribution is 6.33. The molecule has 2 bridgehead atoms. The van der Waals surface area contributed by atoms with Crippen molar-refractivity contribution in [2.24, 2.45) is 0 Å². The largest absolute Gasteiger partial charge is 0.438 e. The summed E-state index contributed by atoms with van der Waals surface area (Å²) in [7, 11) is 2.25. The number of hydrogen-bond donors (Lipinski definition) is 2. The lowest BCUT2D eigenvalue weighted by Gasteiger charge is -2.45. The summed E-state index contributed by atoms with van der Waals surface area (Å²) in [5.74, 6) is 2.31. The van der Waals surface area contributed by atoms with Crippen LogP contribution in [0.15, 0.2) is 36.4 Å². The second kappa shape index (κ2) is 13.1. The van der Waals surface area contributed by atoms with Crippen LogP contribution >= 0.6 is 11.6 Å². The normalized spacial score (nSPS) is 25.9. The molecule has 5 aliphatic rings. The first-order valence-electron chi connectivity index (χ1n) is 17.0. The minimum absolute atomic E-state index is 0.103. The van der Waals surface area contributed by atoms with E-state index in [2.05, 4.69) is 28.1 Å². The molecule has 7 rings (SSSR count). The summed E-state index contributed by atoms with van der Waals surface area (Å²) in [4.78, 5) is 48.7. The third-order valence-electron chi connectivity index (χ3n) is 11.3. The Hall–Kier alpha value is -3.98. The molecule has 3 N–H and O–H groups in total. The summed E-state index contributed by atoms with van der Waals surface area (Å²) < 4.78 is 11.9. The molecular formula is C36H43ClN6O5. The molecule has 3 amide bonds. The summed E-state index contributed by atoms with van der Waals surface area (Å²) >= 11 is 6.40. The second-order valence-electron chi connectivity index (χ2n) is 13.8. The summed E-state index contributed by atoms with van der Waals surface area (Å²) in [5.41, 5.74) is 8.22. The monoisotopic (exact) mass is 674 g/mol. The molecule has 3 atom stereocenters. The van der Waals surface area contributed by atoms with Gasteiger partial charge < -0.3 is 29.9 Å². The Labute approximate surface area is 286 Å². The lowest BCUT2D eigenvalue weighted by molar-refractivity contribution is -0.143. The van der Waals surface area contributed by atoms with Crippen LogP contribution in [0, 0.1) is 12.3 Å². The molecule has 4 saturated heterocycles. The van der Waals surface area contributed by atoms with Crippen LogP contribution in [0.1, 0.15) is 55.2 Å². The van der Waals surface area contributed by atoms with Crippen molar-refractivity contribution in [2.45, 2.75) is 74.8 Å². The number of para-hydroxylation sites is 1. The van der Waals surface area contributed by atoms with Gasteiger partial charge in [0.2, 0.25) is 0 Å². The number of anilines is 2. The average molecular weight is 675 g/mol. The zero-order valence-electron chi connectivity index (χ0n) is 27.3. The number of rotatable bonds is 5. The van der Waals surface area contributed by atoms with Crippen molar-refractivity contribution in [1.82, 2.24) is 19.6 Å². The number of likely N-dealkylation sites (tertiary alicyclic amines) is 1. The van der Waals surface area contributed by atoms with Gasteiger partial charge in [0.1, 0.15) is 5.60 Å². The fourth-order valence-corrected chi connectivity index (χ4v) is 8.71. The zero-order chi connectivity index (χ0) is 33.6. The average Bonchev–Trinajstić information content (AvgIpc) is 3.27. The number of halogens is 1. The minimum atomic E-state index is -1.08. The van der Waals surface area contributed by atoms with Crippen molar-refractivity contribution >= 4 is 41.1 Å². The van der Waals surface area contributed by atoms with Gasteiger partial charge in [0.15, 0.2) is 6.10 Å². The van der Waals surface area contributed by atoms with Crippen LogP contribution in [0.5, 0.6) is 0 Å². The smallest absolute Gasteiger partial charge is 0.412 e. The van der Waals surface area contributed by atoms with E-state index < -0.39 is 23.9 Å². The standard InChI is InChI=1S/C36H43ClN6O5/c1-3-24-18-23(19-29(37)32(24)38)20-31(33(44)42-16-14-41(15-17-42)27-21-25-8-9-26(22-27)40(25)2)47-35(46)43-12-10-36(11-13-43)28-6-4-5-7-30(28)39-34(45)48-36/h1,4-7,18-19,25-27,31H,8-17,20-22,38H2,2H3,(H,39,45)/t25?,26?,27?,31-/m1/s1. The number of benzene rings is 2. The number of amides is 3. The first-order chi connectivity index (χ1) is 23.1. The zero-order valence-corrected chi connectivity index (χ0v) is 28.1. The maximum absolute atomic E-state index is 14.1. The van der Waals surface area contributed by atoms with E-state index in [1.54, 1.807) is 17.0 Å². The van der Waals surface area contributed by atoms with E-state index in [4.69, 9.17) is 33.2 Å². The van der Waals surface area contributed by atoms with E-state index in [0.717, 1.165) is 18.7 Å². The van der Waals surface area contributed by atoms with Crippen LogP contribution in [-0.2, 0) is 26.3 Å². The fraction of sp³-hybridized carbons (Fsp3) is 0.528. The number of nitrogens with two attached hydrogens (primary N) is 1. The lowest BCUT2D eigenvalue weighted by Crippen LogP contribution is -2.57. The van der Waals surface area contributed by atoms with Crippen LogP contribution in [-0.4, -0.2) is 108 Å². The molecule has 2 unspecified atom stereocenters. The van der Waals surface area contributed by atoms with Crippen molar-refractivity contribution in [3.8, 4) is 12.3 Å². The summed E-state index contributed by atoms with van der Waals surface area (Å²) in [5, 5.41) is 3.05. The molecular weight excluding hydrogens is 632 g/mol. The van der Waals surface area contributed by atoms with Gasteiger partial charge in [-0.25, -0.2) is 9.59 Å². The maximum Gasteiger partial charge on any atom is 0.412 e. The van der Waals surface area contributed by atoms with Gasteiger partial charge in [0, 0.05) is 87.8 Å². The third-order valence-corrected chi connectivity index (χ3v) is 11.6. The van der Waals surface area contributed by atoms with E-state index in [-0.39, 0.29) is 17.4 Å². The van der Waals surface area contributed by atoms with E-state index >= 15 is 0 Å². The molecule has 1 spiro atoms. The van der Waals surface area contributed by atoms with Gasteiger partial charge in [-0.15, -0.1) is 6.42 Å². The Morgan fingerprint density at radius 1 is 1.06 bits per heavy atom. The van der Waals surface area contributed by atoms with Crippen molar-refractivity contribution in [3.63, 3.8) is 0 Å². The van der Waals surface area contributed by atoms with E-state index in [1.165, 1.54) is 25.7 Å². The highest BCUT2D eigenvalue weighted by atomic mass is 35.5. The van der Waals surface area contributed by atoms with Crippen molar-refractivity contribution < 1.29 is 23.9 Å². The van der Waals surface area contributed by atoms with Crippen LogP contribution in [0.25, 0.3) is 0 Å². The van der Waals surface area contributed by atoms with E-state index in [0.29, 0.717) is 79.6 Å². The molecule has 2 aromatic rings. The molecule has 0 saturated carbocycles. The van der Waals surface area contributed by atoms with Crippen molar-refractivity contribution in [3.05, 3.63) is 58.1 Å². The molecule has 48 heavy (non-hydrogen) atoms. The summed E-state index contributed by atoms with van der Waals surface area (Å²) in [6.07, 6.45) is 9.31. The highest BCUT2D eigenvalue weighted by Crippen LogP contribution is 2.43. The number of fused-ring (bicyclic) bond motifs is 4. The first kappa shape index (κ1) is 32.6. The number of carbonyl (C=O) groups excluding carboxylic acids is 3. The number of nitrogens with one attached hydrogen (secondary N) is 1. The number of nitrogens with zero attached hydrogens (tertiary/aromatic N) is 4. The van der Waals surface area contributed by atoms with Gasteiger partial charge in [0.05, 0.1) is 16.4 Å². The van der Waals surface area contributed by atoms with Crippen molar-refractivity contribution in [1.29, 1.82) is 0 Å².